The Morgan fingerprint density at radius 3 is 2.50 bits per heavy atom. The molecule has 3 aromatic carbocycles. The molecule has 1 heterocycles. The first kappa shape index (κ1) is 25.6. The van der Waals surface area contributed by atoms with E-state index in [0.29, 0.717) is 5.75 Å². The predicted octanol–water partition coefficient (Wildman–Crippen LogP) is 4.81. The molecule has 1 N–H and O–H groups in total. The van der Waals surface area contributed by atoms with Crippen molar-refractivity contribution in [2.75, 3.05) is 32.1 Å². The highest BCUT2D eigenvalue weighted by atomic mass is 32.2. The lowest BCUT2D eigenvalue weighted by Gasteiger charge is -2.27. The number of rotatable bonds is 7. The number of fused-ring (bicyclic) bond motifs is 1. The molecule has 0 saturated heterocycles. The Morgan fingerprint density at radius 1 is 1.08 bits per heavy atom. The second kappa shape index (κ2) is 11.5. The fraction of sp³-hybridized carbons (Fsp3) is 0.286. The van der Waals surface area contributed by atoms with Crippen LogP contribution in [0.1, 0.15) is 21.9 Å². The van der Waals surface area contributed by atoms with Crippen molar-refractivity contribution in [1.82, 2.24) is 4.90 Å². The molecule has 4 rings (SSSR count). The molecule has 2 atom stereocenters. The fourth-order valence-corrected chi connectivity index (χ4v) is 5.36. The fourth-order valence-electron chi connectivity index (χ4n) is 3.99. The lowest BCUT2D eigenvalue weighted by Crippen LogP contribution is -2.44. The van der Waals surface area contributed by atoms with Crippen molar-refractivity contribution >= 4 is 29.4 Å². The second-order valence-electron chi connectivity index (χ2n) is 8.68. The van der Waals surface area contributed by atoms with E-state index in [0.717, 1.165) is 27.3 Å². The summed E-state index contributed by atoms with van der Waals surface area (Å²) in [6.07, 6.45) is -1.73. The van der Waals surface area contributed by atoms with Crippen LogP contribution in [0.3, 0.4) is 0 Å². The van der Waals surface area contributed by atoms with Crippen molar-refractivity contribution in [3.05, 3.63) is 89.5 Å². The number of nitrogens with zero attached hydrogens (tertiary/aromatic N) is 2. The molecule has 2 amide bonds. The van der Waals surface area contributed by atoms with Crippen molar-refractivity contribution in [1.29, 1.82) is 0 Å². The third kappa shape index (κ3) is 5.83. The molecule has 188 valence electrons. The zero-order valence-electron chi connectivity index (χ0n) is 20.6. The minimum Gasteiger partial charge on any atom is -0.497 e. The van der Waals surface area contributed by atoms with Crippen LogP contribution in [0.2, 0.25) is 0 Å². The first-order valence-electron chi connectivity index (χ1n) is 11.7. The molecule has 1 aliphatic heterocycles. The van der Waals surface area contributed by atoms with Gasteiger partial charge >= 0.3 is 6.09 Å². The maximum absolute atomic E-state index is 13.5. The van der Waals surface area contributed by atoms with Crippen LogP contribution >= 0.6 is 11.8 Å². The van der Waals surface area contributed by atoms with Crippen LogP contribution < -0.4 is 9.64 Å². The summed E-state index contributed by atoms with van der Waals surface area (Å²) in [6, 6.07) is 22.7. The Morgan fingerprint density at radius 2 is 1.81 bits per heavy atom. The Hall–Kier alpha value is -3.49. The number of benzene rings is 3. The second-order valence-corrected chi connectivity index (χ2v) is 9.86. The van der Waals surface area contributed by atoms with E-state index in [1.807, 2.05) is 79.7 Å². The maximum atomic E-state index is 13.5. The maximum Gasteiger partial charge on any atom is 0.409 e. The Kier molecular flexibility index (Phi) is 8.18. The number of aryl methyl sites for hydroxylation is 1. The van der Waals surface area contributed by atoms with E-state index >= 15 is 0 Å². The van der Waals surface area contributed by atoms with E-state index in [2.05, 4.69) is 0 Å². The largest absolute Gasteiger partial charge is 0.497 e. The lowest BCUT2D eigenvalue weighted by atomic mass is 10.1. The topological polar surface area (TPSA) is 79.3 Å². The van der Waals surface area contributed by atoms with Crippen molar-refractivity contribution in [3.63, 3.8) is 0 Å². The van der Waals surface area contributed by atoms with E-state index in [-0.39, 0.29) is 19.7 Å². The number of likely N-dealkylation sites (N-methyl/N-ethyl adjacent to an activating group) is 1. The molecule has 3 aromatic rings. The Labute approximate surface area is 215 Å². The lowest BCUT2D eigenvalue weighted by molar-refractivity contribution is -0.126. The molecule has 7 nitrogen and oxygen atoms in total. The summed E-state index contributed by atoms with van der Waals surface area (Å²) >= 11 is 1.46. The van der Waals surface area contributed by atoms with Crippen molar-refractivity contribution in [3.8, 4) is 5.75 Å². The van der Waals surface area contributed by atoms with Gasteiger partial charge in [-0.1, -0.05) is 48.5 Å². The number of aliphatic hydroxyl groups excluding tert-OH is 1. The predicted molar refractivity (Wildman–Crippen MR) is 140 cm³/mol. The van der Waals surface area contributed by atoms with Crippen molar-refractivity contribution in [2.24, 2.45) is 0 Å². The summed E-state index contributed by atoms with van der Waals surface area (Å²) in [5, 5.41) is 10.7. The highest BCUT2D eigenvalue weighted by Gasteiger charge is 2.37. The van der Waals surface area contributed by atoms with Gasteiger partial charge in [-0.2, -0.15) is 0 Å². The summed E-state index contributed by atoms with van der Waals surface area (Å²) in [4.78, 5) is 29.9. The van der Waals surface area contributed by atoms with E-state index in [1.165, 1.54) is 16.7 Å². The number of carbonyl (C=O) groups is 2. The molecule has 0 spiro atoms. The highest BCUT2D eigenvalue weighted by molar-refractivity contribution is 7.99. The highest BCUT2D eigenvalue weighted by Crippen LogP contribution is 2.46. The van der Waals surface area contributed by atoms with Gasteiger partial charge in [0.25, 0.3) is 5.91 Å². The van der Waals surface area contributed by atoms with Crippen molar-refractivity contribution in [2.45, 2.75) is 29.8 Å². The number of amides is 2. The van der Waals surface area contributed by atoms with Crippen LogP contribution in [0, 0.1) is 6.92 Å². The van der Waals surface area contributed by atoms with Gasteiger partial charge in [-0.3, -0.25) is 4.79 Å². The van der Waals surface area contributed by atoms with Gasteiger partial charge < -0.3 is 24.4 Å². The van der Waals surface area contributed by atoms with Gasteiger partial charge in [0.15, 0.2) is 0 Å². The molecule has 0 saturated carbocycles. The number of hydrogen-bond donors (Lipinski definition) is 1. The third-order valence-corrected chi connectivity index (χ3v) is 7.45. The molecule has 0 aliphatic carbocycles. The van der Waals surface area contributed by atoms with E-state index < -0.39 is 23.4 Å². The molecule has 0 aromatic heterocycles. The minimum absolute atomic E-state index is 0.174. The average molecular weight is 507 g/mol. The molecule has 1 aliphatic rings. The standard InChI is InChI=1S/C28H30N2O5S/c1-19-9-14-23-24(17-19)36-26(21-10-12-22(34-3)13-11-21)25(31)27(32)30(23)16-15-29(2)28(33)35-18-20-7-5-4-6-8-20/h4-14,17,25-26,31H,15-16,18H2,1-3H3/t25-,26+/m1/s1. The molecule has 0 radical (unpaired) electrons. The van der Waals surface area contributed by atoms with Crippen molar-refractivity contribution < 1.29 is 24.2 Å². The average Bonchev–Trinajstić information content (AvgIpc) is 3.00. The molecule has 0 bridgehead atoms. The number of anilines is 1. The van der Waals surface area contributed by atoms with Crippen LogP contribution in [-0.2, 0) is 16.1 Å². The van der Waals surface area contributed by atoms with E-state index in [4.69, 9.17) is 9.47 Å². The zero-order valence-corrected chi connectivity index (χ0v) is 21.4. The Balaban J connectivity index is 1.50. The number of carbonyl (C=O) groups excluding carboxylic acids is 2. The number of ether oxygens (including phenoxy) is 2. The quantitative estimate of drug-likeness (QED) is 0.495. The first-order valence-corrected chi connectivity index (χ1v) is 12.6. The molecular formula is C28H30N2O5S. The minimum atomic E-state index is -1.26. The van der Waals surface area contributed by atoms with Crippen LogP contribution in [-0.4, -0.2) is 55.4 Å². The number of thioether (sulfide) groups is 1. The molecule has 0 fully saturated rings. The number of hydrogen-bond acceptors (Lipinski definition) is 6. The Bertz CT molecular complexity index is 1200. The molecular weight excluding hydrogens is 476 g/mol. The molecule has 36 heavy (non-hydrogen) atoms. The number of methoxy groups -OCH3 is 1. The SMILES string of the molecule is COc1ccc([C@@H]2Sc3cc(C)ccc3N(CCN(C)C(=O)OCc3ccccc3)C(=O)[C@@H]2O)cc1. The summed E-state index contributed by atoms with van der Waals surface area (Å²) < 4.78 is 10.6. The number of aliphatic hydroxyl groups is 1. The third-order valence-electron chi connectivity index (χ3n) is 6.09. The zero-order chi connectivity index (χ0) is 25.7. The summed E-state index contributed by atoms with van der Waals surface area (Å²) in [5.74, 6) is 0.301. The monoisotopic (exact) mass is 506 g/mol. The smallest absolute Gasteiger partial charge is 0.409 e. The van der Waals surface area contributed by atoms with Crippen LogP contribution in [0.4, 0.5) is 10.5 Å². The van der Waals surface area contributed by atoms with Gasteiger partial charge in [-0.15, -0.1) is 11.8 Å². The van der Waals surface area contributed by atoms with Gasteiger partial charge in [0.05, 0.1) is 18.0 Å². The van der Waals surface area contributed by atoms with Crippen LogP contribution in [0.15, 0.2) is 77.7 Å². The van der Waals surface area contributed by atoms with E-state index in [1.54, 1.807) is 19.1 Å². The van der Waals surface area contributed by atoms with Crippen LogP contribution in [0.25, 0.3) is 0 Å². The summed E-state index contributed by atoms with van der Waals surface area (Å²) in [7, 11) is 3.23. The molecule has 8 heteroatoms. The van der Waals surface area contributed by atoms with Gasteiger partial charge in [0, 0.05) is 25.0 Å². The molecule has 0 unspecified atom stereocenters. The van der Waals surface area contributed by atoms with E-state index in [9.17, 15) is 14.7 Å². The first-order chi connectivity index (χ1) is 17.4. The normalized spacial score (nSPS) is 17.2. The van der Waals surface area contributed by atoms with Gasteiger partial charge in [0.2, 0.25) is 0 Å². The van der Waals surface area contributed by atoms with Crippen LogP contribution in [0.5, 0.6) is 5.75 Å². The van der Waals surface area contributed by atoms with Gasteiger partial charge in [-0.05, 0) is 47.9 Å². The summed E-state index contributed by atoms with van der Waals surface area (Å²) in [6.45, 7) is 2.64. The summed E-state index contributed by atoms with van der Waals surface area (Å²) in [5.41, 5.74) is 3.50. The van der Waals surface area contributed by atoms with Gasteiger partial charge in [-0.25, -0.2) is 4.79 Å². The van der Waals surface area contributed by atoms with Gasteiger partial charge in [0.1, 0.15) is 18.5 Å².